The van der Waals surface area contributed by atoms with Gasteiger partial charge < -0.3 is 9.84 Å². The van der Waals surface area contributed by atoms with Gasteiger partial charge in [0.25, 0.3) is 0 Å². The number of sulfonamides is 1. The summed E-state index contributed by atoms with van der Waals surface area (Å²) < 4.78 is 30.3. The molecule has 7 nitrogen and oxygen atoms in total. The molecule has 0 amide bonds. The van der Waals surface area contributed by atoms with E-state index in [0.29, 0.717) is 5.56 Å². The maximum absolute atomic E-state index is 12.0. The molecule has 0 radical (unpaired) electrons. The lowest BCUT2D eigenvalue weighted by Gasteiger charge is -2.17. The van der Waals surface area contributed by atoms with Crippen molar-refractivity contribution in [1.82, 2.24) is 4.72 Å². The van der Waals surface area contributed by atoms with E-state index in [0.717, 1.165) is 14.0 Å². The molecule has 8 heteroatoms. The first-order valence-corrected chi connectivity index (χ1v) is 7.68. The Kier molecular flexibility index (Phi) is 5.86. The Bertz CT molecular complexity index is 598. The van der Waals surface area contributed by atoms with Crippen LogP contribution in [-0.2, 0) is 30.8 Å². The maximum Gasteiger partial charge on any atom is 0.325 e. The number of nitrogens with one attached hydrogen (secondary N) is 1. The minimum atomic E-state index is -4.14. The van der Waals surface area contributed by atoms with Crippen LogP contribution in [-0.4, -0.2) is 43.9 Å². The molecule has 1 unspecified atom stereocenters. The standard InChI is InChI=1S/C13H17NO6S/c1-9(13(17)20-2)21(18,19)14-11(12(15)16)8-10-6-4-3-5-7-10/h3-7,9,11,14H,8H2,1-2H3,(H,15,16)/t9?,11-/m1/s1. The second kappa shape index (κ2) is 7.19. The number of ether oxygens (including phenoxy) is 1. The third-order valence-corrected chi connectivity index (χ3v) is 4.62. The van der Waals surface area contributed by atoms with Crippen molar-refractivity contribution in [2.45, 2.75) is 24.6 Å². The van der Waals surface area contributed by atoms with E-state index < -0.39 is 33.3 Å². The third kappa shape index (κ3) is 4.83. The fourth-order valence-electron chi connectivity index (χ4n) is 1.62. The van der Waals surface area contributed by atoms with E-state index in [1.165, 1.54) is 0 Å². The number of carboxylic acid groups (broad SMARTS) is 1. The van der Waals surface area contributed by atoms with Crippen molar-refractivity contribution in [2.75, 3.05) is 7.11 Å². The van der Waals surface area contributed by atoms with Crippen molar-refractivity contribution < 1.29 is 27.9 Å². The Morgan fingerprint density at radius 3 is 2.33 bits per heavy atom. The minimum absolute atomic E-state index is 0.0245. The summed E-state index contributed by atoms with van der Waals surface area (Å²) in [6, 6.07) is 7.23. The van der Waals surface area contributed by atoms with E-state index in [9.17, 15) is 18.0 Å². The van der Waals surface area contributed by atoms with Crippen LogP contribution in [0, 0.1) is 0 Å². The first-order chi connectivity index (χ1) is 9.77. The zero-order valence-electron chi connectivity index (χ0n) is 11.6. The normalized spacial score (nSPS) is 14.2. The molecule has 1 aromatic rings. The Balaban J connectivity index is 2.88. The zero-order valence-corrected chi connectivity index (χ0v) is 12.5. The van der Waals surface area contributed by atoms with E-state index in [-0.39, 0.29) is 6.42 Å². The van der Waals surface area contributed by atoms with Gasteiger partial charge in [0.1, 0.15) is 6.04 Å². The van der Waals surface area contributed by atoms with Crippen molar-refractivity contribution in [3.63, 3.8) is 0 Å². The fraction of sp³-hybridized carbons (Fsp3) is 0.385. The number of carbonyl (C=O) groups excluding carboxylic acids is 1. The SMILES string of the molecule is COC(=O)C(C)S(=O)(=O)N[C@H](Cc1ccccc1)C(=O)O. The van der Waals surface area contributed by atoms with Gasteiger partial charge in [-0.2, -0.15) is 4.72 Å². The van der Waals surface area contributed by atoms with E-state index in [4.69, 9.17) is 5.11 Å². The van der Waals surface area contributed by atoms with Crippen molar-refractivity contribution in [3.8, 4) is 0 Å². The highest BCUT2D eigenvalue weighted by atomic mass is 32.2. The summed E-state index contributed by atoms with van der Waals surface area (Å²) in [4.78, 5) is 22.5. The molecule has 2 N–H and O–H groups in total. The summed E-state index contributed by atoms with van der Waals surface area (Å²) in [5.41, 5.74) is 0.665. The molecule has 0 aromatic heterocycles. The van der Waals surface area contributed by atoms with Gasteiger partial charge in [-0.15, -0.1) is 0 Å². The zero-order chi connectivity index (χ0) is 16.0. The van der Waals surface area contributed by atoms with Gasteiger partial charge in [0, 0.05) is 0 Å². The number of esters is 1. The van der Waals surface area contributed by atoms with Gasteiger partial charge in [-0.3, -0.25) is 9.59 Å². The van der Waals surface area contributed by atoms with Crippen LogP contribution in [0.2, 0.25) is 0 Å². The van der Waals surface area contributed by atoms with Crippen LogP contribution in [0.1, 0.15) is 12.5 Å². The number of rotatable bonds is 7. The molecule has 0 aliphatic carbocycles. The topological polar surface area (TPSA) is 110 Å². The van der Waals surface area contributed by atoms with Crippen molar-refractivity contribution in [2.24, 2.45) is 0 Å². The molecular formula is C13H17NO6S. The predicted octanol–water partition coefficient (Wildman–Crippen LogP) is 0.163. The predicted molar refractivity (Wildman–Crippen MR) is 75.1 cm³/mol. The largest absolute Gasteiger partial charge is 0.480 e. The number of carbonyl (C=O) groups is 2. The van der Waals surface area contributed by atoms with Gasteiger partial charge in [-0.1, -0.05) is 30.3 Å². The Morgan fingerprint density at radius 1 is 1.29 bits per heavy atom. The van der Waals surface area contributed by atoms with E-state index in [2.05, 4.69) is 4.74 Å². The summed E-state index contributed by atoms with van der Waals surface area (Å²) in [7, 11) is -3.08. The number of hydrogen-bond acceptors (Lipinski definition) is 5. The molecule has 0 spiro atoms. The molecule has 2 atom stereocenters. The molecule has 116 valence electrons. The van der Waals surface area contributed by atoms with Gasteiger partial charge in [0.2, 0.25) is 10.0 Å². The van der Waals surface area contributed by atoms with Gasteiger partial charge in [-0.25, -0.2) is 8.42 Å². The maximum atomic E-state index is 12.0. The second-order valence-electron chi connectivity index (χ2n) is 4.41. The molecule has 0 fully saturated rings. The lowest BCUT2D eigenvalue weighted by atomic mass is 10.1. The summed E-state index contributed by atoms with van der Waals surface area (Å²) in [5.74, 6) is -2.27. The third-order valence-electron chi connectivity index (χ3n) is 2.89. The average molecular weight is 315 g/mol. The summed E-state index contributed by atoms with van der Waals surface area (Å²) in [6.07, 6.45) is -0.0245. The van der Waals surface area contributed by atoms with Gasteiger partial charge in [0.05, 0.1) is 7.11 Å². The van der Waals surface area contributed by atoms with Crippen LogP contribution in [0.15, 0.2) is 30.3 Å². The smallest absolute Gasteiger partial charge is 0.325 e. The van der Waals surface area contributed by atoms with Crippen LogP contribution in [0.5, 0.6) is 0 Å². The molecule has 0 aliphatic heterocycles. The molecule has 1 rings (SSSR count). The van der Waals surface area contributed by atoms with E-state index in [1.807, 2.05) is 4.72 Å². The van der Waals surface area contributed by atoms with Crippen molar-refractivity contribution in [1.29, 1.82) is 0 Å². The Morgan fingerprint density at radius 2 is 1.86 bits per heavy atom. The molecule has 0 aliphatic rings. The average Bonchev–Trinajstić information content (AvgIpc) is 2.45. The van der Waals surface area contributed by atoms with Crippen LogP contribution in [0.25, 0.3) is 0 Å². The minimum Gasteiger partial charge on any atom is -0.480 e. The van der Waals surface area contributed by atoms with E-state index in [1.54, 1.807) is 30.3 Å². The first-order valence-electron chi connectivity index (χ1n) is 6.13. The van der Waals surface area contributed by atoms with Gasteiger partial charge in [-0.05, 0) is 18.9 Å². The number of methoxy groups -OCH3 is 1. The van der Waals surface area contributed by atoms with Crippen LogP contribution >= 0.6 is 0 Å². The summed E-state index contributed by atoms with van der Waals surface area (Å²) in [5, 5.41) is 7.65. The number of benzene rings is 1. The molecule has 0 saturated carbocycles. The lowest BCUT2D eigenvalue weighted by molar-refractivity contribution is -0.140. The highest BCUT2D eigenvalue weighted by Crippen LogP contribution is 2.07. The molecule has 0 heterocycles. The second-order valence-corrected chi connectivity index (χ2v) is 6.44. The molecule has 0 saturated heterocycles. The number of aliphatic carboxylic acids is 1. The van der Waals surface area contributed by atoms with Crippen LogP contribution in [0.3, 0.4) is 0 Å². The van der Waals surface area contributed by atoms with Gasteiger partial charge >= 0.3 is 11.9 Å². The first kappa shape index (κ1) is 17.1. The van der Waals surface area contributed by atoms with Crippen LogP contribution in [0.4, 0.5) is 0 Å². The highest BCUT2D eigenvalue weighted by molar-refractivity contribution is 7.90. The van der Waals surface area contributed by atoms with Crippen molar-refractivity contribution >= 4 is 22.0 Å². The molecule has 1 aromatic carbocycles. The Hall–Kier alpha value is -1.93. The monoisotopic (exact) mass is 315 g/mol. The van der Waals surface area contributed by atoms with Gasteiger partial charge in [0.15, 0.2) is 5.25 Å². The highest BCUT2D eigenvalue weighted by Gasteiger charge is 2.33. The summed E-state index contributed by atoms with van der Waals surface area (Å²) in [6.45, 7) is 1.13. The number of hydrogen-bond donors (Lipinski definition) is 2. The molecule has 21 heavy (non-hydrogen) atoms. The Labute approximate surface area is 123 Å². The van der Waals surface area contributed by atoms with E-state index >= 15 is 0 Å². The fourth-order valence-corrected chi connectivity index (χ4v) is 2.76. The summed E-state index contributed by atoms with van der Waals surface area (Å²) >= 11 is 0. The van der Waals surface area contributed by atoms with Crippen LogP contribution < -0.4 is 4.72 Å². The quantitative estimate of drug-likeness (QED) is 0.694. The lowest BCUT2D eigenvalue weighted by Crippen LogP contribution is -2.47. The molecular weight excluding hydrogens is 298 g/mol. The van der Waals surface area contributed by atoms with Crippen molar-refractivity contribution in [3.05, 3.63) is 35.9 Å². The number of carboxylic acids is 1. The molecule has 0 bridgehead atoms.